The van der Waals surface area contributed by atoms with Gasteiger partial charge in [0.15, 0.2) is 6.10 Å². The fourth-order valence-corrected chi connectivity index (χ4v) is 3.89. The van der Waals surface area contributed by atoms with Crippen LogP contribution in [0.2, 0.25) is 0 Å². The van der Waals surface area contributed by atoms with E-state index in [-0.39, 0.29) is 16.6 Å². The molecule has 0 aliphatic rings. The monoisotopic (exact) mass is 452 g/mol. The van der Waals surface area contributed by atoms with Crippen LogP contribution in [0.3, 0.4) is 0 Å². The maximum absolute atomic E-state index is 12.7. The van der Waals surface area contributed by atoms with Crippen LogP contribution in [0.25, 0.3) is 11.1 Å². The molecule has 9 heteroatoms. The number of hydrogen-bond acceptors (Lipinski definition) is 5. The third-order valence-electron chi connectivity index (χ3n) is 4.74. The zero-order chi connectivity index (χ0) is 23.3. The first-order chi connectivity index (χ1) is 15.2. The highest BCUT2D eigenvalue weighted by Gasteiger charge is 2.19. The molecule has 1 amide bonds. The summed E-state index contributed by atoms with van der Waals surface area (Å²) < 4.78 is 29.5. The first kappa shape index (κ1) is 23.0. The molecule has 0 saturated heterocycles. The summed E-state index contributed by atoms with van der Waals surface area (Å²) >= 11 is 0. The minimum absolute atomic E-state index is 0.0315. The average molecular weight is 453 g/mol. The van der Waals surface area contributed by atoms with Gasteiger partial charge in [0.05, 0.1) is 4.90 Å². The SMILES string of the molecule is CCC(Oc1cccc(C(=N)N)c1)C(=O)Nc1ccc(-c2ccccc2S(N)(=O)=O)cc1. The van der Waals surface area contributed by atoms with Crippen molar-refractivity contribution in [2.24, 2.45) is 10.9 Å². The predicted octanol–water partition coefficient (Wildman–Crippen LogP) is 3.08. The van der Waals surface area contributed by atoms with Gasteiger partial charge in [-0.3, -0.25) is 10.2 Å². The van der Waals surface area contributed by atoms with E-state index in [2.05, 4.69) is 5.32 Å². The lowest BCUT2D eigenvalue weighted by Crippen LogP contribution is -2.32. The molecule has 0 fully saturated rings. The molecule has 0 spiro atoms. The number of primary sulfonamides is 1. The molecule has 0 bridgehead atoms. The van der Waals surface area contributed by atoms with Crippen LogP contribution < -0.4 is 20.9 Å². The van der Waals surface area contributed by atoms with E-state index in [0.717, 1.165) is 0 Å². The Labute approximate surface area is 186 Å². The molecule has 0 saturated carbocycles. The standard InChI is InChI=1S/C23H24N4O4S/c1-2-20(31-18-7-5-6-16(14-18)22(24)25)23(28)27-17-12-10-15(11-13-17)19-8-3-4-9-21(19)32(26,29)30/h3-14,20H,2H2,1H3,(H3,24,25)(H,27,28)(H2,26,29,30). The number of ether oxygens (including phenoxy) is 1. The van der Waals surface area contributed by atoms with Crippen molar-refractivity contribution in [1.82, 2.24) is 0 Å². The second-order valence-corrected chi connectivity index (χ2v) is 8.59. The van der Waals surface area contributed by atoms with Gasteiger partial charge in [-0.15, -0.1) is 0 Å². The zero-order valence-corrected chi connectivity index (χ0v) is 18.2. The summed E-state index contributed by atoms with van der Waals surface area (Å²) in [6, 6.07) is 19.9. The van der Waals surface area contributed by atoms with E-state index in [1.54, 1.807) is 66.7 Å². The van der Waals surface area contributed by atoms with Crippen LogP contribution in [0.4, 0.5) is 5.69 Å². The Hall–Kier alpha value is -3.69. The van der Waals surface area contributed by atoms with Crippen LogP contribution >= 0.6 is 0 Å². The fourth-order valence-electron chi connectivity index (χ4n) is 3.13. The number of amides is 1. The lowest BCUT2D eigenvalue weighted by atomic mass is 10.1. The number of benzene rings is 3. The van der Waals surface area contributed by atoms with E-state index < -0.39 is 16.1 Å². The van der Waals surface area contributed by atoms with Crippen molar-refractivity contribution in [2.45, 2.75) is 24.3 Å². The summed E-state index contributed by atoms with van der Waals surface area (Å²) in [5.41, 5.74) is 7.67. The highest BCUT2D eigenvalue weighted by atomic mass is 32.2. The molecular weight excluding hydrogens is 428 g/mol. The molecule has 3 aromatic carbocycles. The van der Waals surface area contributed by atoms with Crippen LogP contribution in [0.15, 0.2) is 77.7 Å². The van der Waals surface area contributed by atoms with Gasteiger partial charge < -0.3 is 15.8 Å². The van der Waals surface area contributed by atoms with Gasteiger partial charge in [-0.25, -0.2) is 13.6 Å². The molecule has 3 aromatic rings. The molecule has 0 aliphatic heterocycles. The summed E-state index contributed by atoms with van der Waals surface area (Å²) in [4.78, 5) is 12.7. The van der Waals surface area contributed by atoms with Gasteiger partial charge in [0.25, 0.3) is 5.91 Å². The average Bonchev–Trinajstić information content (AvgIpc) is 2.77. The summed E-state index contributed by atoms with van der Waals surface area (Å²) in [5.74, 6) is 0.0186. The van der Waals surface area contributed by atoms with E-state index in [1.807, 2.05) is 6.92 Å². The maximum Gasteiger partial charge on any atom is 0.265 e. The first-order valence-corrected chi connectivity index (χ1v) is 11.4. The van der Waals surface area contributed by atoms with Gasteiger partial charge in [0, 0.05) is 16.8 Å². The third-order valence-corrected chi connectivity index (χ3v) is 5.71. The number of rotatable bonds is 8. The number of anilines is 1. The Morgan fingerprint density at radius 2 is 1.75 bits per heavy atom. The van der Waals surface area contributed by atoms with E-state index in [1.165, 1.54) is 6.07 Å². The highest BCUT2D eigenvalue weighted by Crippen LogP contribution is 2.27. The van der Waals surface area contributed by atoms with Gasteiger partial charge in [0.2, 0.25) is 10.0 Å². The van der Waals surface area contributed by atoms with Crippen molar-refractivity contribution < 1.29 is 17.9 Å². The number of carbonyl (C=O) groups excluding carboxylic acids is 1. The number of hydrogen-bond donors (Lipinski definition) is 4. The Bertz CT molecular complexity index is 1240. The number of nitrogens with two attached hydrogens (primary N) is 2. The van der Waals surface area contributed by atoms with E-state index in [9.17, 15) is 13.2 Å². The molecule has 1 atom stereocenters. The van der Waals surface area contributed by atoms with Crippen molar-refractivity contribution in [1.29, 1.82) is 5.41 Å². The van der Waals surface area contributed by atoms with Gasteiger partial charge in [-0.1, -0.05) is 49.4 Å². The smallest absolute Gasteiger partial charge is 0.265 e. The minimum Gasteiger partial charge on any atom is -0.481 e. The van der Waals surface area contributed by atoms with Crippen molar-refractivity contribution in [3.63, 3.8) is 0 Å². The van der Waals surface area contributed by atoms with Gasteiger partial charge in [-0.05, 0) is 42.3 Å². The third kappa shape index (κ3) is 5.51. The van der Waals surface area contributed by atoms with E-state index in [4.69, 9.17) is 21.0 Å². The molecule has 0 aromatic heterocycles. The van der Waals surface area contributed by atoms with Crippen molar-refractivity contribution in [3.8, 4) is 16.9 Å². The Morgan fingerprint density at radius 3 is 2.38 bits per heavy atom. The number of nitrogen functional groups attached to an aromatic ring is 1. The second kappa shape index (κ2) is 9.63. The summed E-state index contributed by atoms with van der Waals surface area (Å²) in [5, 5.41) is 15.6. The topological polar surface area (TPSA) is 148 Å². The van der Waals surface area contributed by atoms with Crippen LogP contribution in [0, 0.1) is 5.41 Å². The van der Waals surface area contributed by atoms with E-state index >= 15 is 0 Å². The summed E-state index contributed by atoms with van der Waals surface area (Å²) in [6.45, 7) is 1.83. The first-order valence-electron chi connectivity index (χ1n) is 9.83. The minimum atomic E-state index is -3.87. The molecule has 8 nitrogen and oxygen atoms in total. The van der Waals surface area contributed by atoms with E-state index in [0.29, 0.717) is 34.5 Å². The molecule has 32 heavy (non-hydrogen) atoms. The Balaban J connectivity index is 1.74. The summed E-state index contributed by atoms with van der Waals surface area (Å²) in [6.07, 6.45) is -0.323. The normalized spacial score (nSPS) is 12.1. The molecule has 0 aliphatic carbocycles. The van der Waals surface area contributed by atoms with Gasteiger partial charge >= 0.3 is 0 Å². The number of sulfonamides is 1. The molecule has 0 radical (unpaired) electrons. The fraction of sp³-hybridized carbons (Fsp3) is 0.130. The molecule has 166 valence electrons. The lowest BCUT2D eigenvalue weighted by molar-refractivity contribution is -0.122. The molecule has 6 N–H and O–H groups in total. The predicted molar refractivity (Wildman–Crippen MR) is 124 cm³/mol. The molecule has 3 rings (SSSR count). The zero-order valence-electron chi connectivity index (χ0n) is 17.4. The quantitative estimate of drug-likeness (QED) is 0.306. The number of carbonyl (C=O) groups is 1. The van der Waals surface area contributed by atoms with Crippen molar-refractivity contribution in [2.75, 3.05) is 5.32 Å². The van der Waals surface area contributed by atoms with Crippen LogP contribution in [-0.4, -0.2) is 26.3 Å². The largest absolute Gasteiger partial charge is 0.481 e. The lowest BCUT2D eigenvalue weighted by Gasteiger charge is -2.18. The maximum atomic E-state index is 12.7. The van der Waals surface area contributed by atoms with Gasteiger partial charge in [-0.2, -0.15) is 0 Å². The number of amidine groups is 1. The number of nitrogens with one attached hydrogen (secondary N) is 2. The molecule has 0 heterocycles. The van der Waals surface area contributed by atoms with Gasteiger partial charge in [0.1, 0.15) is 11.6 Å². The van der Waals surface area contributed by atoms with Crippen LogP contribution in [0.5, 0.6) is 5.75 Å². The molecule has 1 unspecified atom stereocenters. The molecular formula is C23H24N4O4S. The van der Waals surface area contributed by atoms with Crippen LogP contribution in [-0.2, 0) is 14.8 Å². The Morgan fingerprint density at radius 1 is 1.06 bits per heavy atom. The van der Waals surface area contributed by atoms with Crippen molar-refractivity contribution in [3.05, 3.63) is 78.4 Å². The van der Waals surface area contributed by atoms with Crippen LogP contribution in [0.1, 0.15) is 18.9 Å². The summed E-state index contributed by atoms with van der Waals surface area (Å²) in [7, 11) is -3.87. The Kier molecular flexibility index (Phi) is 6.92. The second-order valence-electron chi connectivity index (χ2n) is 7.06. The highest BCUT2D eigenvalue weighted by molar-refractivity contribution is 7.89. The van der Waals surface area contributed by atoms with Crippen molar-refractivity contribution >= 4 is 27.5 Å².